The predicted octanol–water partition coefficient (Wildman–Crippen LogP) is 5.00. The first-order valence-electron chi connectivity index (χ1n) is 12.1. The number of aromatic nitrogens is 1. The summed E-state index contributed by atoms with van der Waals surface area (Å²) in [5.74, 6) is -0.514. The molecular formula is C30H27N3O4. The van der Waals surface area contributed by atoms with Crippen molar-refractivity contribution < 1.29 is 19.1 Å². The van der Waals surface area contributed by atoms with E-state index in [-0.39, 0.29) is 12.1 Å². The third-order valence-corrected chi connectivity index (χ3v) is 6.51. The zero-order valence-electron chi connectivity index (χ0n) is 20.7. The molecule has 0 spiro atoms. The van der Waals surface area contributed by atoms with Crippen LogP contribution in [-0.2, 0) is 22.7 Å². The van der Waals surface area contributed by atoms with Crippen molar-refractivity contribution in [3.8, 4) is 5.75 Å². The Morgan fingerprint density at radius 2 is 1.59 bits per heavy atom. The number of amides is 4. The van der Waals surface area contributed by atoms with Gasteiger partial charge < -0.3 is 9.30 Å². The number of hydrogen-bond acceptors (Lipinski definition) is 4. The molecule has 0 unspecified atom stereocenters. The molecule has 7 nitrogen and oxygen atoms in total. The molecule has 2 heterocycles. The van der Waals surface area contributed by atoms with Crippen LogP contribution in [-0.4, -0.2) is 33.9 Å². The monoisotopic (exact) mass is 493 g/mol. The average molecular weight is 494 g/mol. The molecule has 4 amide bonds. The van der Waals surface area contributed by atoms with Gasteiger partial charge in [-0.15, -0.1) is 0 Å². The zero-order chi connectivity index (χ0) is 25.9. The lowest BCUT2D eigenvalue weighted by Crippen LogP contribution is -2.53. The van der Waals surface area contributed by atoms with Gasteiger partial charge in [0.05, 0.1) is 13.1 Å². The largest absolute Gasteiger partial charge is 0.492 e. The van der Waals surface area contributed by atoms with Crippen molar-refractivity contribution in [3.05, 3.63) is 107 Å². The first kappa shape index (κ1) is 24.1. The van der Waals surface area contributed by atoms with Crippen LogP contribution in [0.15, 0.2) is 84.4 Å². The number of carbonyl (C=O) groups is 3. The Kier molecular flexibility index (Phi) is 6.60. The molecule has 4 aromatic rings. The molecule has 1 aromatic heterocycles. The lowest BCUT2D eigenvalue weighted by Gasteiger charge is -2.26. The fraction of sp³-hybridized carbons (Fsp3) is 0.167. The Balaban J connectivity index is 1.49. The number of benzene rings is 3. The number of barbiturate groups is 1. The molecule has 186 valence electrons. The maximum Gasteiger partial charge on any atom is 0.331 e. The van der Waals surface area contributed by atoms with E-state index in [1.54, 1.807) is 6.08 Å². The van der Waals surface area contributed by atoms with Crippen molar-refractivity contribution in [3.63, 3.8) is 0 Å². The van der Waals surface area contributed by atoms with Crippen molar-refractivity contribution >= 4 is 34.8 Å². The second-order valence-electron chi connectivity index (χ2n) is 9.03. The lowest BCUT2D eigenvalue weighted by molar-refractivity contribution is -0.130. The zero-order valence-corrected chi connectivity index (χ0v) is 20.7. The second-order valence-corrected chi connectivity index (χ2v) is 9.03. The summed E-state index contributed by atoms with van der Waals surface area (Å²) in [6, 6.07) is 24.2. The van der Waals surface area contributed by atoms with Crippen molar-refractivity contribution in [2.75, 3.05) is 6.61 Å². The van der Waals surface area contributed by atoms with Gasteiger partial charge in [-0.2, -0.15) is 0 Å². The Bertz CT molecular complexity index is 1520. The number of hydrogen-bond donors (Lipinski definition) is 1. The number of aryl methyl sites for hydroxylation is 1. The molecule has 37 heavy (non-hydrogen) atoms. The van der Waals surface area contributed by atoms with E-state index in [0.29, 0.717) is 13.2 Å². The number of nitrogens with zero attached hydrogens (tertiary/aromatic N) is 2. The van der Waals surface area contributed by atoms with E-state index in [9.17, 15) is 14.4 Å². The molecule has 0 aliphatic carbocycles. The maximum absolute atomic E-state index is 13.4. The number of nitrogens with one attached hydrogen (secondary N) is 1. The van der Waals surface area contributed by atoms with Crippen molar-refractivity contribution in [1.82, 2.24) is 14.8 Å². The number of ether oxygens (including phenoxy) is 1. The summed E-state index contributed by atoms with van der Waals surface area (Å²) in [6.07, 6.45) is 1.60. The van der Waals surface area contributed by atoms with Gasteiger partial charge in [-0.3, -0.25) is 19.8 Å². The van der Waals surface area contributed by atoms with Crippen LogP contribution in [0, 0.1) is 13.8 Å². The molecule has 0 bridgehead atoms. The fourth-order valence-electron chi connectivity index (χ4n) is 4.61. The molecule has 0 radical (unpaired) electrons. The highest BCUT2D eigenvalue weighted by atomic mass is 16.5. The Hall–Kier alpha value is -4.65. The van der Waals surface area contributed by atoms with Crippen LogP contribution < -0.4 is 10.1 Å². The molecular weight excluding hydrogens is 466 g/mol. The van der Waals surface area contributed by atoms with E-state index in [2.05, 4.69) is 9.88 Å². The average Bonchev–Trinajstić information content (AvgIpc) is 3.15. The van der Waals surface area contributed by atoms with E-state index < -0.39 is 17.8 Å². The first-order chi connectivity index (χ1) is 17.9. The van der Waals surface area contributed by atoms with Crippen LogP contribution in [0.2, 0.25) is 0 Å². The van der Waals surface area contributed by atoms with E-state index >= 15 is 0 Å². The van der Waals surface area contributed by atoms with E-state index in [4.69, 9.17) is 4.74 Å². The lowest BCUT2D eigenvalue weighted by atomic mass is 10.0. The van der Waals surface area contributed by atoms with Gasteiger partial charge in [0.25, 0.3) is 11.8 Å². The van der Waals surface area contributed by atoms with Crippen molar-refractivity contribution in [2.24, 2.45) is 0 Å². The molecule has 5 rings (SSSR count). The third-order valence-electron chi connectivity index (χ3n) is 6.51. The summed E-state index contributed by atoms with van der Waals surface area (Å²) in [7, 11) is 0. The smallest absolute Gasteiger partial charge is 0.331 e. The van der Waals surface area contributed by atoms with Gasteiger partial charge >= 0.3 is 6.03 Å². The normalized spacial score (nSPS) is 14.9. The van der Waals surface area contributed by atoms with Gasteiger partial charge in [-0.25, -0.2) is 4.79 Å². The van der Waals surface area contributed by atoms with E-state index in [0.717, 1.165) is 43.9 Å². The highest BCUT2D eigenvalue weighted by Gasteiger charge is 2.36. The SMILES string of the molecule is Cc1ccc2c(c1)c(C=C1C(=O)NC(=O)N(Cc3ccccc3)C1=O)c(C)n2CCOc1ccccc1. The Labute approximate surface area is 215 Å². The maximum atomic E-state index is 13.4. The molecule has 1 fully saturated rings. The fourth-order valence-corrected chi connectivity index (χ4v) is 4.61. The highest BCUT2D eigenvalue weighted by molar-refractivity contribution is 6.31. The Morgan fingerprint density at radius 1 is 0.892 bits per heavy atom. The topological polar surface area (TPSA) is 80.6 Å². The van der Waals surface area contributed by atoms with E-state index in [1.165, 1.54) is 0 Å². The molecule has 7 heteroatoms. The quantitative estimate of drug-likeness (QED) is 0.290. The third kappa shape index (κ3) is 4.89. The Morgan fingerprint density at radius 3 is 2.32 bits per heavy atom. The van der Waals surface area contributed by atoms with Crippen LogP contribution in [0.5, 0.6) is 5.75 Å². The van der Waals surface area contributed by atoms with Crippen LogP contribution in [0.3, 0.4) is 0 Å². The van der Waals surface area contributed by atoms with Crippen molar-refractivity contribution in [2.45, 2.75) is 26.9 Å². The van der Waals surface area contributed by atoms with Gasteiger partial charge in [-0.05, 0) is 49.8 Å². The van der Waals surface area contributed by atoms with Gasteiger partial charge in [0.2, 0.25) is 0 Å². The highest BCUT2D eigenvalue weighted by Crippen LogP contribution is 2.30. The van der Waals surface area contributed by atoms with Gasteiger partial charge in [0.15, 0.2) is 0 Å². The van der Waals surface area contributed by atoms with Crippen LogP contribution in [0.1, 0.15) is 22.4 Å². The number of para-hydroxylation sites is 1. The van der Waals surface area contributed by atoms with Gasteiger partial charge in [0, 0.05) is 22.2 Å². The first-order valence-corrected chi connectivity index (χ1v) is 12.1. The summed E-state index contributed by atoms with van der Waals surface area (Å²) in [4.78, 5) is 39.7. The summed E-state index contributed by atoms with van der Waals surface area (Å²) in [6.45, 7) is 5.08. The number of imide groups is 2. The summed E-state index contributed by atoms with van der Waals surface area (Å²) < 4.78 is 8.04. The molecule has 1 N–H and O–H groups in total. The number of fused-ring (bicyclic) bond motifs is 1. The van der Waals surface area contributed by atoms with E-state index in [1.807, 2.05) is 92.7 Å². The molecule has 0 atom stereocenters. The molecule has 1 saturated heterocycles. The van der Waals surface area contributed by atoms with Crippen LogP contribution in [0.4, 0.5) is 4.79 Å². The predicted molar refractivity (Wildman–Crippen MR) is 142 cm³/mol. The minimum Gasteiger partial charge on any atom is -0.492 e. The summed E-state index contributed by atoms with van der Waals surface area (Å²) in [5.41, 5.74) is 4.43. The van der Waals surface area contributed by atoms with Gasteiger partial charge in [-0.1, -0.05) is 60.2 Å². The minimum atomic E-state index is -0.718. The van der Waals surface area contributed by atoms with Crippen molar-refractivity contribution in [1.29, 1.82) is 0 Å². The number of rotatable bonds is 7. The second kappa shape index (κ2) is 10.1. The summed E-state index contributed by atoms with van der Waals surface area (Å²) >= 11 is 0. The number of urea groups is 1. The molecule has 1 aliphatic heterocycles. The van der Waals surface area contributed by atoms with Crippen LogP contribution >= 0.6 is 0 Å². The minimum absolute atomic E-state index is 0.0697. The standard InChI is InChI=1S/C30H27N3O4/c1-20-13-14-27-25(17-20)24(21(2)32(27)15-16-37-23-11-7-4-8-12-23)18-26-28(34)31-30(36)33(29(26)35)19-22-9-5-3-6-10-22/h3-14,17-18H,15-16,19H2,1-2H3,(H,31,34,36). The molecule has 0 saturated carbocycles. The van der Waals surface area contributed by atoms with Gasteiger partial charge in [0.1, 0.15) is 17.9 Å². The molecule has 1 aliphatic rings. The molecule has 3 aromatic carbocycles. The number of carbonyl (C=O) groups excluding carboxylic acids is 3. The van der Waals surface area contributed by atoms with Crippen LogP contribution in [0.25, 0.3) is 17.0 Å². The summed E-state index contributed by atoms with van der Waals surface area (Å²) in [5, 5.41) is 3.25.